The van der Waals surface area contributed by atoms with Gasteiger partial charge in [0.25, 0.3) is 0 Å². The van der Waals surface area contributed by atoms with E-state index in [2.05, 4.69) is 34.1 Å². The largest absolute Gasteiger partial charge is 0.357 e. The second-order valence-corrected chi connectivity index (χ2v) is 10.4. The Morgan fingerprint density at radius 2 is 1.83 bits per heavy atom. The van der Waals surface area contributed by atoms with Crippen LogP contribution < -0.4 is 0 Å². The van der Waals surface area contributed by atoms with Crippen LogP contribution in [0.5, 0.6) is 0 Å². The van der Waals surface area contributed by atoms with Gasteiger partial charge < -0.3 is 4.98 Å². The molecule has 0 unspecified atom stereocenters. The van der Waals surface area contributed by atoms with Gasteiger partial charge in [-0.25, -0.2) is 8.42 Å². The Hall–Kier alpha value is -2.15. The maximum atomic E-state index is 13.2. The number of nitrogens with one attached hydrogen (secondary N) is 1. The molecule has 2 atom stereocenters. The summed E-state index contributed by atoms with van der Waals surface area (Å²) >= 11 is 0. The molecule has 1 fully saturated rings. The van der Waals surface area contributed by atoms with E-state index < -0.39 is 10.0 Å². The number of benzene rings is 2. The zero-order valence-electron chi connectivity index (χ0n) is 16.9. The molecule has 0 amide bonds. The first kappa shape index (κ1) is 18.9. The van der Waals surface area contributed by atoms with Crippen LogP contribution >= 0.6 is 0 Å². The summed E-state index contributed by atoms with van der Waals surface area (Å²) in [5.41, 5.74) is 4.94. The summed E-state index contributed by atoms with van der Waals surface area (Å²) in [5, 5.41) is 1.31. The van der Waals surface area contributed by atoms with Crippen LogP contribution in [0.1, 0.15) is 35.7 Å². The Bertz CT molecular complexity index is 1150. The Labute approximate surface area is 172 Å². The molecule has 0 spiro atoms. The van der Waals surface area contributed by atoms with Crippen molar-refractivity contribution in [3.8, 4) is 0 Å². The van der Waals surface area contributed by atoms with Crippen molar-refractivity contribution in [3.63, 3.8) is 0 Å². The highest BCUT2D eigenvalue weighted by Gasteiger charge is 2.39. The number of aromatic nitrogens is 1. The van der Waals surface area contributed by atoms with Crippen LogP contribution in [0.2, 0.25) is 0 Å². The molecule has 2 aliphatic rings. The molecule has 2 aromatic carbocycles. The summed E-state index contributed by atoms with van der Waals surface area (Å²) in [6.07, 6.45) is 2.74. The Morgan fingerprint density at radius 1 is 1.07 bits per heavy atom. The molecule has 1 aromatic heterocycles. The third kappa shape index (κ3) is 3.10. The van der Waals surface area contributed by atoms with E-state index in [0.29, 0.717) is 4.90 Å². The van der Waals surface area contributed by atoms with Gasteiger partial charge in [0.05, 0.1) is 10.9 Å². The van der Waals surface area contributed by atoms with Gasteiger partial charge in [0.1, 0.15) is 0 Å². The standard InChI is InChI=1S/C23H27N3O2S/c1-16-7-9-18(10-8-16)29(27,28)25(2)17-11-13-26-14-12-20-19-5-3-4-6-21(19)24-23(20)22(26)15-17/h3-10,17,22,24H,11-15H2,1-2H3/t17-,22+/m1/s1. The first-order valence-corrected chi connectivity index (χ1v) is 11.8. The van der Waals surface area contributed by atoms with Crippen molar-refractivity contribution < 1.29 is 8.42 Å². The molecule has 0 saturated carbocycles. The van der Waals surface area contributed by atoms with E-state index in [-0.39, 0.29) is 12.1 Å². The molecule has 1 saturated heterocycles. The molecule has 6 heteroatoms. The third-order valence-corrected chi connectivity index (χ3v) is 8.65. The molecule has 5 nitrogen and oxygen atoms in total. The summed E-state index contributed by atoms with van der Waals surface area (Å²) < 4.78 is 28.0. The lowest BCUT2D eigenvalue weighted by Crippen LogP contribution is -2.48. The number of hydrogen-bond acceptors (Lipinski definition) is 3. The number of hydrogen-bond donors (Lipinski definition) is 1. The molecule has 3 aromatic rings. The molecular formula is C23H27N3O2S. The lowest BCUT2D eigenvalue weighted by atomic mass is 9.88. The summed E-state index contributed by atoms with van der Waals surface area (Å²) in [5.74, 6) is 0. The van der Waals surface area contributed by atoms with Gasteiger partial charge in [-0.3, -0.25) is 4.90 Å². The summed E-state index contributed by atoms with van der Waals surface area (Å²) in [4.78, 5) is 6.53. The lowest BCUT2D eigenvalue weighted by Gasteiger charge is -2.44. The highest BCUT2D eigenvalue weighted by molar-refractivity contribution is 7.89. The van der Waals surface area contributed by atoms with Gasteiger partial charge in [-0.2, -0.15) is 4.31 Å². The topological polar surface area (TPSA) is 56.4 Å². The third-order valence-electron chi connectivity index (χ3n) is 6.73. The zero-order valence-corrected chi connectivity index (χ0v) is 17.7. The number of nitrogens with zero attached hydrogens (tertiary/aromatic N) is 2. The highest BCUT2D eigenvalue weighted by Crippen LogP contribution is 2.40. The number of para-hydroxylation sites is 1. The van der Waals surface area contributed by atoms with Gasteiger partial charge in [0.2, 0.25) is 10.0 Å². The SMILES string of the molecule is Cc1ccc(S(=O)(=O)N(C)[C@@H]2CCN3CCc4c([nH]c5ccccc45)[C@@H]3C2)cc1. The van der Waals surface area contributed by atoms with E-state index in [0.717, 1.165) is 37.9 Å². The van der Waals surface area contributed by atoms with Crippen molar-refractivity contribution in [1.29, 1.82) is 0 Å². The molecular weight excluding hydrogens is 382 g/mol. The van der Waals surface area contributed by atoms with Gasteiger partial charge in [-0.1, -0.05) is 35.9 Å². The van der Waals surface area contributed by atoms with E-state index in [1.165, 1.54) is 22.2 Å². The fraction of sp³-hybridized carbons (Fsp3) is 0.391. The Kier molecular flexibility index (Phi) is 4.53. The van der Waals surface area contributed by atoms with Crippen molar-refractivity contribution in [2.45, 2.75) is 43.2 Å². The van der Waals surface area contributed by atoms with E-state index in [1.54, 1.807) is 23.5 Å². The number of aromatic amines is 1. The monoisotopic (exact) mass is 409 g/mol. The molecule has 1 N–H and O–H groups in total. The predicted molar refractivity (Wildman–Crippen MR) is 115 cm³/mol. The molecule has 3 heterocycles. The highest BCUT2D eigenvalue weighted by atomic mass is 32.2. The Morgan fingerprint density at radius 3 is 2.62 bits per heavy atom. The van der Waals surface area contributed by atoms with Crippen LogP contribution in [0, 0.1) is 6.92 Å². The smallest absolute Gasteiger partial charge is 0.243 e. The van der Waals surface area contributed by atoms with Gasteiger partial charge in [0.15, 0.2) is 0 Å². The van der Waals surface area contributed by atoms with Gasteiger partial charge in [-0.15, -0.1) is 0 Å². The van der Waals surface area contributed by atoms with Crippen LogP contribution in [-0.4, -0.2) is 48.8 Å². The van der Waals surface area contributed by atoms with Crippen molar-refractivity contribution in [3.05, 3.63) is 65.4 Å². The van der Waals surface area contributed by atoms with Crippen LogP contribution in [0.25, 0.3) is 10.9 Å². The maximum absolute atomic E-state index is 13.2. The number of fused-ring (bicyclic) bond motifs is 5. The lowest BCUT2D eigenvalue weighted by molar-refractivity contribution is 0.0949. The van der Waals surface area contributed by atoms with E-state index in [9.17, 15) is 8.42 Å². The van der Waals surface area contributed by atoms with Crippen molar-refractivity contribution in [2.24, 2.45) is 0 Å². The molecule has 0 radical (unpaired) electrons. The molecule has 0 aliphatic carbocycles. The Balaban J connectivity index is 1.45. The van der Waals surface area contributed by atoms with Gasteiger partial charge in [-0.05, 0) is 49.9 Å². The van der Waals surface area contributed by atoms with E-state index >= 15 is 0 Å². The van der Waals surface area contributed by atoms with Crippen molar-refractivity contribution >= 4 is 20.9 Å². The molecule has 29 heavy (non-hydrogen) atoms. The number of piperidine rings is 1. The maximum Gasteiger partial charge on any atom is 0.243 e. The normalized spacial score (nSPS) is 22.6. The van der Waals surface area contributed by atoms with Crippen LogP contribution in [0.15, 0.2) is 53.4 Å². The van der Waals surface area contributed by atoms with Crippen LogP contribution in [-0.2, 0) is 16.4 Å². The first-order valence-electron chi connectivity index (χ1n) is 10.3. The molecule has 5 rings (SSSR count). The first-order chi connectivity index (χ1) is 13.9. The summed E-state index contributed by atoms with van der Waals surface area (Å²) in [6, 6.07) is 15.9. The number of aryl methyl sites for hydroxylation is 1. The summed E-state index contributed by atoms with van der Waals surface area (Å²) in [6.45, 7) is 3.94. The summed E-state index contributed by atoms with van der Waals surface area (Å²) in [7, 11) is -1.75. The zero-order chi connectivity index (χ0) is 20.2. The van der Waals surface area contributed by atoms with E-state index in [4.69, 9.17) is 0 Å². The minimum absolute atomic E-state index is 0.0000784. The second kappa shape index (κ2) is 6.97. The second-order valence-electron chi connectivity index (χ2n) is 8.38. The average Bonchev–Trinajstić information content (AvgIpc) is 3.12. The van der Waals surface area contributed by atoms with Crippen LogP contribution in [0.4, 0.5) is 0 Å². The molecule has 0 bridgehead atoms. The fourth-order valence-corrected chi connectivity index (χ4v) is 6.39. The van der Waals surface area contributed by atoms with Crippen LogP contribution in [0.3, 0.4) is 0 Å². The number of rotatable bonds is 3. The van der Waals surface area contributed by atoms with Gasteiger partial charge >= 0.3 is 0 Å². The van der Waals surface area contributed by atoms with E-state index in [1.807, 2.05) is 19.1 Å². The quantitative estimate of drug-likeness (QED) is 0.715. The fourth-order valence-electron chi connectivity index (χ4n) is 5.00. The minimum atomic E-state index is -3.49. The molecule has 152 valence electrons. The van der Waals surface area contributed by atoms with Crippen molar-refractivity contribution in [2.75, 3.05) is 20.1 Å². The molecule has 2 aliphatic heterocycles. The number of sulfonamides is 1. The predicted octanol–water partition coefficient (Wildman–Crippen LogP) is 3.86. The number of H-pyrrole nitrogens is 1. The minimum Gasteiger partial charge on any atom is -0.357 e. The van der Waals surface area contributed by atoms with Gasteiger partial charge in [0, 0.05) is 42.8 Å². The van der Waals surface area contributed by atoms with Crippen molar-refractivity contribution in [1.82, 2.24) is 14.2 Å². The average molecular weight is 410 g/mol.